The van der Waals surface area contributed by atoms with Gasteiger partial charge in [-0.2, -0.15) is 5.26 Å². The van der Waals surface area contributed by atoms with E-state index in [0.29, 0.717) is 5.57 Å². The molecule has 1 atom stereocenters. The first kappa shape index (κ1) is 16.3. The lowest BCUT2D eigenvalue weighted by molar-refractivity contribution is -0.141. The highest BCUT2D eigenvalue weighted by molar-refractivity contribution is 5.87. The Balaban J connectivity index is 0. The van der Waals surface area contributed by atoms with Gasteiger partial charge in [0.15, 0.2) is 6.10 Å². The molecule has 0 bridgehead atoms. The number of carbonyl (C=O) groups is 2. The van der Waals surface area contributed by atoms with Gasteiger partial charge >= 0.3 is 11.9 Å². The molecule has 0 saturated carbocycles. The predicted octanol–water partition coefficient (Wildman–Crippen LogP) is 1.36. The summed E-state index contributed by atoms with van der Waals surface area (Å²) >= 11 is 0. The smallest absolute Gasteiger partial charge is 0.334 e. The molecule has 0 heterocycles. The molecular formula is C11H15NO4. The minimum atomic E-state index is -0.691. The standard InChI is InChI=1S/C7H9NO2.C4H6O2/c1-5(2)7(9)10-6(3)4-8;1-3-4(5)6-2/h6H,1H2,2-3H3;3H,1H2,2H3. The SMILES string of the molecule is C=C(C)C(=O)OC(C)C#N.C=CC(=O)OC. The van der Waals surface area contributed by atoms with Crippen LogP contribution in [0.25, 0.3) is 0 Å². The van der Waals surface area contributed by atoms with Crippen LogP contribution in [0.15, 0.2) is 24.8 Å². The third-order valence-corrected chi connectivity index (χ3v) is 1.18. The molecular weight excluding hydrogens is 210 g/mol. The molecule has 5 nitrogen and oxygen atoms in total. The molecule has 88 valence electrons. The van der Waals surface area contributed by atoms with E-state index in [1.54, 1.807) is 6.07 Å². The monoisotopic (exact) mass is 225 g/mol. The van der Waals surface area contributed by atoms with Crippen molar-refractivity contribution >= 4 is 11.9 Å². The first-order valence-electron chi connectivity index (χ1n) is 4.35. The molecule has 5 heteroatoms. The number of carbonyl (C=O) groups excluding carboxylic acids is 2. The zero-order valence-corrected chi connectivity index (χ0v) is 9.65. The van der Waals surface area contributed by atoms with Crippen LogP contribution in [0.3, 0.4) is 0 Å². The van der Waals surface area contributed by atoms with E-state index in [0.717, 1.165) is 6.08 Å². The summed E-state index contributed by atoms with van der Waals surface area (Å²) in [7, 11) is 1.31. The van der Waals surface area contributed by atoms with Crippen molar-refractivity contribution in [3.05, 3.63) is 24.8 Å². The number of nitrogens with zero attached hydrogens (tertiary/aromatic N) is 1. The zero-order chi connectivity index (χ0) is 13.1. The molecule has 0 aromatic carbocycles. The van der Waals surface area contributed by atoms with Crippen molar-refractivity contribution < 1.29 is 19.1 Å². The van der Waals surface area contributed by atoms with Crippen LogP contribution in [0.4, 0.5) is 0 Å². The second-order valence-corrected chi connectivity index (χ2v) is 2.68. The van der Waals surface area contributed by atoms with Gasteiger partial charge in [0.25, 0.3) is 0 Å². The highest BCUT2D eigenvalue weighted by Gasteiger charge is 2.07. The normalized spacial score (nSPS) is 9.62. The molecule has 0 aliphatic heterocycles. The largest absolute Gasteiger partial charge is 0.466 e. The van der Waals surface area contributed by atoms with E-state index in [-0.39, 0.29) is 0 Å². The van der Waals surface area contributed by atoms with Crippen LogP contribution in [0.1, 0.15) is 13.8 Å². The minimum Gasteiger partial charge on any atom is -0.466 e. The van der Waals surface area contributed by atoms with Gasteiger partial charge in [-0.25, -0.2) is 9.59 Å². The van der Waals surface area contributed by atoms with E-state index >= 15 is 0 Å². The van der Waals surface area contributed by atoms with Crippen LogP contribution >= 0.6 is 0 Å². The second kappa shape index (κ2) is 9.46. The highest BCUT2D eigenvalue weighted by Crippen LogP contribution is 1.95. The van der Waals surface area contributed by atoms with Crippen molar-refractivity contribution in [2.75, 3.05) is 7.11 Å². The summed E-state index contributed by atoms with van der Waals surface area (Å²) in [4.78, 5) is 20.5. The van der Waals surface area contributed by atoms with Gasteiger partial charge in [-0.1, -0.05) is 13.2 Å². The minimum absolute atomic E-state index is 0.307. The molecule has 0 aliphatic carbocycles. The van der Waals surface area contributed by atoms with Crippen molar-refractivity contribution in [3.8, 4) is 6.07 Å². The number of hydrogen-bond acceptors (Lipinski definition) is 5. The summed E-state index contributed by atoms with van der Waals surface area (Å²) in [5.41, 5.74) is 0.307. The van der Waals surface area contributed by atoms with E-state index in [4.69, 9.17) is 5.26 Å². The molecule has 0 rings (SSSR count). The average Bonchev–Trinajstić information content (AvgIpc) is 2.28. The van der Waals surface area contributed by atoms with Gasteiger partial charge in [-0.15, -0.1) is 0 Å². The number of ether oxygens (including phenoxy) is 2. The Hall–Kier alpha value is -2.09. The summed E-state index contributed by atoms with van der Waals surface area (Å²) < 4.78 is 8.70. The van der Waals surface area contributed by atoms with Gasteiger partial charge in [0, 0.05) is 11.6 Å². The maximum Gasteiger partial charge on any atom is 0.334 e. The maximum absolute atomic E-state index is 10.6. The van der Waals surface area contributed by atoms with Crippen molar-refractivity contribution in [1.82, 2.24) is 0 Å². The van der Waals surface area contributed by atoms with Crippen molar-refractivity contribution in [1.29, 1.82) is 5.26 Å². The van der Waals surface area contributed by atoms with Gasteiger partial charge < -0.3 is 9.47 Å². The fourth-order valence-corrected chi connectivity index (χ4v) is 0.371. The van der Waals surface area contributed by atoms with Crippen LogP contribution in [0.5, 0.6) is 0 Å². The van der Waals surface area contributed by atoms with Crippen molar-refractivity contribution in [2.45, 2.75) is 20.0 Å². The number of esters is 2. The lowest BCUT2D eigenvalue weighted by atomic mass is 10.3. The Morgan fingerprint density at radius 2 is 2.00 bits per heavy atom. The van der Waals surface area contributed by atoms with Gasteiger partial charge in [0.1, 0.15) is 6.07 Å². The van der Waals surface area contributed by atoms with E-state index < -0.39 is 18.0 Å². The molecule has 0 aliphatic rings. The summed E-state index contributed by atoms with van der Waals surface area (Å²) in [6.45, 7) is 9.55. The molecule has 0 fully saturated rings. The van der Waals surface area contributed by atoms with Gasteiger partial charge in [0.2, 0.25) is 0 Å². The van der Waals surface area contributed by atoms with Crippen molar-refractivity contribution in [3.63, 3.8) is 0 Å². The molecule has 0 aromatic heterocycles. The highest BCUT2D eigenvalue weighted by atomic mass is 16.5. The summed E-state index contributed by atoms with van der Waals surface area (Å²) in [6.07, 6.45) is 0.421. The second-order valence-electron chi connectivity index (χ2n) is 2.68. The molecule has 1 unspecified atom stereocenters. The maximum atomic E-state index is 10.6. The predicted molar refractivity (Wildman–Crippen MR) is 58.2 cm³/mol. The lowest BCUT2D eigenvalue weighted by Gasteiger charge is -2.03. The Morgan fingerprint density at radius 1 is 1.50 bits per heavy atom. The first-order valence-corrected chi connectivity index (χ1v) is 4.35. The van der Waals surface area contributed by atoms with Crippen LogP contribution in [-0.2, 0) is 19.1 Å². The Labute approximate surface area is 95.0 Å². The summed E-state index contributed by atoms with van der Waals surface area (Å²) in [5.74, 6) is -0.913. The van der Waals surface area contributed by atoms with Gasteiger partial charge in [-0.3, -0.25) is 0 Å². The van der Waals surface area contributed by atoms with Crippen LogP contribution in [0.2, 0.25) is 0 Å². The third kappa shape index (κ3) is 9.99. The quantitative estimate of drug-likeness (QED) is 0.535. The molecule has 16 heavy (non-hydrogen) atoms. The molecule has 0 aromatic rings. The summed E-state index contributed by atoms with van der Waals surface area (Å²) in [5, 5.41) is 8.21. The molecule has 0 amide bonds. The van der Waals surface area contributed by atoms with E-state index in [1.165, 1.54) is 21.0 Å². The zero-order valence-electron chi connectivity index (χ0n) is 9.65. The van der Waals surface area contributed by atoms with Crippen LogP contribution in [-0.4, -0.2) is 25.2 Å². The van der Waals surface area contributed by atoms with E-state index in [9.17, 15) is 9.59 Å². The van der Waals surface area contributed by atoms with Crippen molar-refractivity contribution in [2.24, 2.45) is 0 Å². The van der Waals surface area contributed by atoms with Gasteiger partial charge in [-0.05, 0) is 13.8 Å². The average molecular weight is 225 g/mol. The molecule has 0 N–H and O–H groups in total. The number of rotatable bonds is 3. The Morgan fingerprint density at radius 3 is 2.19 bits per heavy atom. The first-order chi connectivity index (χ1) is 7.38. The fourth-order valence-electron chi connectivity index (χ4n) is 0.371. The number of methoxy groups -OCH3 is 1. The van der Waals surface area contributed by atoms with E-state index in [2.05, 4.69) is 22.6 Å². The van der Waals surface area contributed by atoms with Gasteiger partial charge in [0.05, 0.1) is 7.11 Å². The molecule has 0 radical (unpaired) electrons. The van der Waals surface area contributed by atoms with Crippen LogP contribution < -0.4 is 0 Å². The molecule has 0 spiro atoms. The molecule has 0 saturated heterocycles. The lowest BCUT2D eigenvalue weighted by Crippen LogP contribution is -2.12. The number of nitriles is 1. The Kier molecular flexibility index (Phi) is 9.67. The van der Waals surface area contributed by atoms with Crippen LogP contribution in [0, 0.1) is 11.3 Å². The van der Waals surface area contributed by atoms with E-state index in [1.807, 2.05) is 0 Å². The third-order valence-electron chi connectivity index (χ3n) is 1.18. The number of hydrogen-bond donors (Lipinski definition) is 0. The summed E-state index contributed by atoms with van der Waals surface area (Å²) in [6, 6.07) is 1.77. The topological polar surface area (TPSA) is 76.4 Å². The fraction of sp³-hybridized carbons (Fsp3) is 0.364. The Bertz CT molecular complexity index is 314.